The zero-order chi connectivity index (χ0) is 13.0. The highest BCUT2D eigenvalue weighted by molar-refractivity contribution is 5.86. The molecule has 1 aliphatic rings. The summed E-state index contributed by atoms with van der Waals surface area (Å²) in [6, 6.07) is 9.97. The van der Waals surface area contributed by atoms with Crippen molar-refractivity contribution in [1.29, 1.82) is 0 Å². The molecule has 1 aromatic carbocycles. The van der Waals surface area contributed by atoms with E-state index in [1.165, 1.54) is 0 Å². The molecule has 0 radical (unpaired) electrons. The van der Waals surface area contributed by atoms with Crippen molar-refractivity contribution < 1.29 is 14.6 Å². The van der Waals surface area contributed by atoms with E-state index >= 15 is 0 Å². The zero-order valence-electron chi connectivity index (χ0n) is 10.3. The highest BCUT2D eigenvalue weighted by atomic mass is 16.5. The van der Waals surface area contributed by atoms with Crippen molar-refractivity contribution in [1.82, 2.24) is 5.32 Å². The molecule has 1 N–H and O–H groups in total. The zero-order valence-corrected chi connectivity index (χ0v) is 10.3. The number of rotatable bonds is 4. The van der Waals surface area contributed by atoms with E-state index in [0.29, 0.717) is 13.0 Å². The molecule has 18 heavy (non-hydrogen) atoms. The number of carboxylic acids is 1. The summed E-state index contributed by atoms with van der Waals surface area (Å²) < 4.78 is 5.14. The van der Waals surface area contributed by atoms with Gasteiger partial charge in [0.2, 0.25) is 0 Å². The van der Waals surface area contributed by atoms with Gasteiger partial charge in [-0.25, -0.2) is 0 Å². The quantitative estimate of drug-likeness (QED) is 0.852. The minimum absolute atomic E-state index is 0.0636. The van der Waals surface area contributed by atoms with Crippen LogP contribution in [0, 0.1) is 0 Å². The Morgan fingerprint density at radius 1 is 1.39 bits per heavy atom. The van der Waals surface area contributed by atoms with Crippen molar-refractivity contribution in [2.75, 3.05) is 13.2 Å². The molecule has 0 amide bonds. The summed E-state index contributed by atoms with van der Waals surface area (Å²) in [5.41, 5.74) is 2.07. The number of benzene rings is 1. The fourth-order valence-corrected chi connectivity index (χ4v) is 2.01. The Bertz CT molecular complexity index is 453. The summed E-state index contributed by atoms with van der Waals surface area (Å²) in [6.45, 7) is 2.66. The van der Waals surface area contributed by atoms with Crippen molar-refractivity contribution in [3.05, 3.63) is 47.2 Å². The second kappa shape index (κ2) is 5.69. The van der Waals surface area contributed by atoms with Crippen LogP contribution in [0.2, 0.25) is 0 Å². The van der Waals surface area contributed by atoms with Crippen LogP contribution in [0.3, 0.4) is 0 Å². The van der Waals surface area contributed by atoms with E-state index < -0.39 is 5.97 Å². The molecular weight excluding hydrogens is 230 g/mol. The molecule has 4 heteroatoms. The first-order valence-corrected chi connectivity index (χ1v) is 6.01. The molecule has 0 saturated carbocycles. The number of aliphatic carboxylic acids is 1. The summed E-state index contributed by atoms with van der Waals surface area (Å²) in [4.78, 5) is 11.0. The largest absolute Gasteiger partial charge is 0.545 e. The van der Waals surface area contributed by atoms with Gasteiger partial charge in [-0.15, -0.1) is 0 Å². The maximum atomic E-state index is 11.0. The van der Waals surface area contributed by atoms with Crippen LogP contribution in [0.4, 0.5) is 0 Å². The molecule has 1 unspecified atom stereocenters. The maximum Gasteiger partial charge on any atom is 0.0751 e. The lowest BCUT2D eigenvalue weighted by molar-refractivity contribution is -0.300. The summed E-state index contributed by atoms with van der Waals surface area (Å²) in [6.07, 6.45) is 0.584. The molecule has 1 heterocycles. The van der Waals surface area contributed by atoms with Gasteiger partial charge in [-0.3, -0.25) is 0 Å². The van der Waals surface area contributed by atoms with Crippen molar-refractivity contribution >= 4 is 5.97 Å². The maximum absolute atomic E-state index is 11.0. The Morgan fingerprint density at radius 3 is 2.78 bits per heavy atom. The molecule has 4 nitrogen and oxygen atoms in total. The molecular formula is C14H16NO3-. The Kier molecular flexibility index (Phi) is 3.99. The number of hydrogen-bond donors (Lipinski definition) is 1. The predicted molar refractivity (Wildman–Crippen MR) is 65.5 cm³/mol. The van der Waals surface area contributed by atoms with Crippen LogP contribution in [-0.2, 0) is 9.53 Å². The average Bonchev–Trinajstić information content (AvgIpc) is 2.40. The Hall–Kier alpha value is -1.81. The molecule has 0 saturated heterocycles. The van der Waals surface area contributed by atoms with Gasteiger partial charge in [0, 0.05) is 23.7 Å². The molecule has 0 fully saturated rings. The van der Waals surface area contributed by atoms with Crippen LogP contribution in [0.15, 0.2) is 41.6 Å². The van der Waals surface area contributed by atoms with E-state index in [-0.39, 0.29) is 18.2 Å². The van der Waals surface area contributed by atoms with Crippen molar-refractivity contribution in [2.24, 2.45) is 0 Å². The van der Waals surface area contributed by atoms with Gasteiger partial charge < -0.3 is 20.0 Å². The molecule has 2 rings (SSSR count). The topological polar surface area (TPSA) is 61.4 Å². The lowest BCUT2D eigenvalue weighted by Gasteiger charge is -2.26. The number of carbonyl (C=O) groups excluding carboxylic acids is 1. The average molecular weight is 246 g/mol. The smallest absolute Gasteiger partial charge is 0.0751 e. The summed E-state index contributed by atoms with van der Waals surface area (Å²) in [5, 5.41) is 14.2. The number of nitrogens with one attached hydrogen (secondary N) is 1. The fraction of sp³-hybridized carbons (Fsp3) is 0.357. The SMILES string of the molecule is CC(NC1=C(C(=O)[O-])COCC1)c1ccccc1. The van der Waals surface area contributed by atoms with Gasteiger partial charge in [0.1, 0.15) is 0 Å². The Labute approximate surface area is 106 Å². The molecule has 96 valence electrons. The first-order chi connectivity index (χ1) is 8.68. The van der Waals surface area contributed by atoms with E-state index in [1.54, 1.807) is 0 Å². The van der Waals surface area contributed by atoms with Crippen LogP contribution in [0.5, 0.6) is 0 Å². The van der Waals surface area contributed by atoms with E-state index in [9.17, 15) is 9.90 Å². The van der Waals surface area contributed by atoms with Gasteiger partial charge in [0.05, 0.1) is 19.2 Å². The molecule has 1 atom stereocenters. The van der Waals surface area contributed by atoms with Crippen LogP contribution in [0.1, 0.15) is 24.9 Å². The van der Waals surface area contributed by atoms with E-state index in [2.05, 4.69) is 5.32 Å². The van der Waals surface area contributed by atoms with Gasteiger partial charge in [-0.1, -0.05) is 30.3 Å². The van der Waals surface area contributed by atoms with Gasteiger partial charge in [0.15, 0.2) is 0 Å². The number of hydrogen-bond acceptors (Lipinski definition) is 4. The van der Waals surface area contributed by atoms with E-state index in [4.69, 9.17) is 4.74 Å². The third kappa shape index (κ3) is 2.90. The minimum Gasteiger partial charge on any atom is -0.545 e. The van der Waals surface area contributed by atoms with Crippen LogP contribution < -0.4 is 10.4 Å². The molecule has 0 bridgehead atoms. The lowest BCUT2D eigenvalue weighted by Crippen LogP contribution is -2.34. The van der Waals surface area contributed by atoms with Gasteiger partial charge in [0.25, 0.3) is 0 Å². The third-order valence-electron chi connectivity index (χ3n) is 3.04. The van der Waals surface area contributed by atoms with Gasteiger partial charge in [-0.05, 0) is 12.5 Å². The highest BCUT2D eigenvalue weighted by Gasteiger charge is 2.16. The number of ether oxygens (including phenoxy) is 1. The summed E-state index contributed by atoms with van der Waals surface area (Å²) >= 11 is 0. The first kappa shape index (κ1) is 12.6. The molecule has 0 aromatic heterocycles. The Balaban J connectivity index is 2.14. The second-order valence-electron chi connectivity index (χ2n) is 4.32. The molecule has 0 aliphatic carbocycles. The van der Waals surface area contributed by atoms with Gasteiger partial charge >= 0.3 is 0 Å². The highest BCUT2D eigenvalue weighted by Crippen LogP contribution is 2.19. The van der Waals surface area contributed by atoms with E-state index in [1.807, 2.05) is 37.3 Å². The number of carboxylic acid groups (broad SMARTS) is 1. The molecule has 1 aliphatic heterocycles. The summed E-state index contributed by atoms with van der Waals surface area (Å²) in [5.74, 6) is -1.16. The molecule has 1 aromatic rings. The van der Waals surface area contributed by atoms with Crippen molar-refractivity contribution in [2.45, 2.75) is 19.4 Å². The normalized spacial score (nSPS) is 17.4. The van der Waals surface area contributed by atoms with Crippen molar-refractivity contribution in [3.63, 3.8) is 0 Å². The predicted octanol–water partition coefficient (Wildman–Crippen LogP) is 0.761. The Morgan fingerprint density at radius 2 is 2.11 bits per heavy atom. The number of carbonyl (C=O) groups is 1. The third-order valence-corrected chi connectivity index (χ3v) is 3.04. The van der Waals surface area contributed by atoms with E-state index in [0.717, 1.165) is 11.3 Å². The standard InChI is InChI=1S/C14H17NO3/c1-10(11-5-3-2-4-6-11)15-13-7-8-18-9-12(13)14(16)17/h2-6,10,15H,7-9H2,1H3,(H,16,17)/p-1. The lowest BCUT2D eigenvalue weighted by atomic mass is 10.1. The monoisotopic (exact) mass is 246 g/mol. The van der Waals surface area contributed by atoms with Crippen LogP contribution >= 0.6 is 0 Å². The second-order valence-corrected chi connectivity index (χ2v) is 4.32. The summed E-state index contributed by atoms with van der Waals surface area (Å²) in [7, 11) is 0. The molecule has 0 spiro atoms. The first-order valence-electron chi connectivity index (χ1n) is 6.01. The minimum atomic E-state index is -1.16. The fourth-order valence-electron chi connectivity index (χ4n) is 2.01. The van der Waals surface area contributed by atoms with Crippen LogP contribution in [0.25, 0.3) is 0 Å². The van der Waals surface area contributed by atoms with Gasteiger partial charge in [-0.2, -0.15) is 0 Å². The van der Waals surface area contributed by atoms with Crippen molar-refractivity contribution in [3.8, 4) is 0 Å². The van der Waals surface area contributed by atoms with Crippen LogP contribution in [-0.4, -0.2) is 19.2 Å².